The van der Waals surface area contributed by atoms with E-state index in [9.17, 15) is 4.79 Å². The molecule has 0 bridgehead atoms. The van der Waals surface area contributed by atoms with Gasteiger partial charge in [0.2, 0.25) is 0 Å². The minimum atomic E-state index is -0.570. The molecule has 0 unspecified atom stereocenters. The zero-order valence-electron chi connectivity index (χ0n) is 29.2. The molecule has 8 aromatic carbocycles. The van der Waals surface area contributed by atoms with E-state index in [-0.39, 0.29) is 5.43 Å². The van der Waals surface area contributed by atoms with E-state index in [2.05, 4.69) is 192 Å². The highest BCUT2D eigenvalue weighted by Crippen LogP contribution is 2.63. The first kappa shape index (κ1) is 30.8. The molecule has 1 aliphatic heterocycles. The quantitative estimate of drug-likeness (QED) is 0.170. The van der Waals surface area contributed by atoms with Gasteiger partial charge in [-0.2, -0.15) is 0 Å². The lowest BCUT2D eigenvalue weighted by Gasteiger charge is -2.45. The zero-order valence-corrected chi connectivity index (χ0v) is 30.0. The van der Waals surface area contributed by atoms with Crippen LogP contribution in [0.5, 0.6) is 0 Å². The van der Waals surface area contributed by atoms with E-state index in [4.69, 9.17) is 0 Å². The van der Waals surface area contributed by atoms with Gasteiger partial charge >= 0.3 is 0 Å². The van der Waals surface area contributed by atoms with Gasteiger partial charge in [0.25, 0.3) is 0 Å². The number of rotatable bonds is 4. The van der Waals surface area contributed by atoms with Gasteiger partial charge in [0, 0.05) is 42.9 Å². The highest BCUT2D eigenvalue weighted by molar-refractivity contribution is 7.24. The van der Waals surface area contributed by atoms with Gasteiger partial charge in [0.15, 0.2) is 5.43 Å². The number of fused-ring (bicyclic) bond motifs is 11. The van der Waals surface area contributed by atoms with Crippen LogP contribution in [0.1, 0.15) is 22.3 Å². The van der Waals surface area contributed by atoms with E-state index >= 15 is 0 Å². The van der Waals surface area contributed by atoms with Crippen molar-refractivity contribution in [3.05, 3.63) is 227 Å². The number of anilines is 6. The van der Waals surface area contributed by atoms with Gasteiger partial charge in [0.05, 0.1) is 16.8 Å². The fourth-order valence-electron chi connectivity index (χ4n) is 9.04. The summed E-state index contributed by atoms with van der Waals surface area (Å²) in [6.45, 7) is 0. The molecule has 2 aliphatic rings. The number of para-hydroxylation sites is 5. The van der Waals surface area contributed by atoms with Crippen molar-refractivity contribution in [2.75, 3.05) is 9.80 Å². The van der Waals surface area contributed by atoms with Crippen LogP contribution in [0.15, 0.2) is 199 Å². The Morgan fingerprint density at radius 2 is 0.963 bits per heavy atom. The largest absolute Gasteiger partial charge is 0.310 e. The Labute approximate surface area is 317 Å². The third-order valence-corrected chi connectivity index (χ3v) is 12.4. The van der Waals surface area contributed by atoms with Crippen molar-refractivity contribution >= 4 is 65.6 Å². The lowest BCUT2D eigenvalue weighted by molar-refractivity contribution is 0.754. The zero-order chi connectivity index (χ0) is 35.8. The van der Waals surface area contributed by atoms with Crippen molar-refractivity contribution in [3.63, 3.8) is 0 Å². The van der Waals surface area contributed by atoms with Crippen molar-refractivity contribution in [2.24, 2.45) is 0 Å². The summed E-state index contributed by atoms with van der Waals surface area (Å²) >= 11 is 1.70. The van der Waals surface area contributed by atoms with E-state index < -0.39 is 5.41 Å². The summed E-state index contributed by atoms with van der Waals surface area (Å²) in [7, 11) is 0. The van der Waals surface area contributed by atoms with Crippen LogP contribution >= 0.6 is 11.3 Å². The predicted octanol–water partition coefficient (Wildman–Crippen LogP) is 13.0. The second-order valence-corrected chi connectivity index (χ2v) is 15.1. The molecule has 3 nitrogen and oxygen atoms in total. The lowest BCUT2D eigenvalue weighted by Crippen LogP contribution is -2.36. The SMILES string of the molecule is O=c1c2cc(N(c3ccccc3)c3ccccc3)ccc2sc2cc3c(cc12)-c1ccccc1C31c2ccccc2N(c2ccccc2)c2ccccc21. The second-order valence-electron chi connectivity index (χ2n) is 14.0. The molecule has 2 heterocycles. The molecule has 0 saturated heterocycles. The van der Waals surface area contributed by atoms with E-state index in [0.29, 0.717) is 0 Å². The second kappa shape index (κ2) is 11.9. The Balaban J connectivity index is 1.17. The monoisotopic (exact) mass is 708 g/mol. The van der Waals surface area contributed by atoms with Crippen molar-refractivity contribution in [3.8, 4) is 11.1 Å². The first-order chi connectivity index (χ1) is 26.7. The molecule has 0 atom stereocenters. The minimum absolute atomic E-state index is 0.0580. The maximum absolute atomic E-state index is 14.8. The van der Waals surface area contributed by atoms with E-state index in [1.54, 1.807) is 11.3 Å². The van der Waals surface area contributed by atoms with Crippen LogP contribution in [0.3, 0.4) is 0 Å². The third-order valence-electron chi connectivity index (χ3n) is 11.2. The fourth-order valence-corrected chi connectivity index (χ4v) is 10.1. The predicted molar refractivity (Wildman–Crippen MR) is 226 cm³/mol. The molecule has 1 aromatic heterocycles. The Bertz CT molecular complexity index is 2890. The Morgan fingerprint density at radius 3 is 1.61 bits per heavy atom. The summed E-state index contributed by atoms with van der Waals surface area (Å²) < 4.78 is 1.97. The van der Waals surface area contributed by atoms with Crippen LogP contribution < -0.4 is 15.2 Å². The van der Waals surface area contributed by atoms with Crippen LogP contribution in [0, 0.1) is 0 Å². The molecule has 254 valence electrons. The van der Waals surface area contributed by atoms with Crippen LogP contribution in [-0.2, 0) is 5.41 Å². The molecule has 4 heteroatoms. The molecule has 1 aliphatic carbocycles. The fraction of sp³-hybridized carbons (Fsp3) is 0.0200. The summed E-state index contributed by atoms with van der Waals surface area (Å²) in [5.74, 6) is 0. The third kappa shape index (κ3) is 4.32. The smallest absolute Gasteiger partial charge is 0.195 e. The normalized spacial score (nSPS) is 13.4. The van der Waals surface area contributed by atoms with Gasteiger partial charge in [0.1, 0.15) is 0 Å². The lowest BCUT2D eigenvalue weighted by atomic mass is 9.64. The molecular weight excluding hydrogens is 677 g/mol. The molecule has 0 N–H and O–H groups in total. The molecule has 1 spiro atoms. The highest BCUT2D eigenvalue weighted by atomic mass is 32.1. The van der Waals surface area contributed by atoms with Crippen LogP contribution in [0.4, 0.5) is 34.1 Å². The Morgan fingerprint density at radius 1 is 0.426 bits per heavy atom. The molecule has 11 rings (SSSR count). The molecule has 0 fully saturated rings. The number of hydrogen-bond donors (Lipinski definition) is 0. The van der Waals surface area contributed by atoms with E-state index in [1.807, 2.05) is 12.1 Å². The van der Waals surface area contributed by atoms with Crippen molar-refractivity contribution in [1.29, 1.82) is 0 Å². The van der Waals surface area contributed by atoms with Crippen molar-refractivity contribution in [1.82, 2.24) is 0 Å². The van der Waals surface area contributed by atoms with Gasteiger partial charge in [-0.3, -0.25) is 4.79 Å². The molecule has 9 aromatic rings. The molecule has 0 amide bonds. The maximum Gasteiger partial charge on any atom is 0.195 e. The summed E-state index contributed by atoms with van der Waals surface area (Å²) in [5.41, 5.74) is 13.2. The van der Waals surface area contributed by atoms with Gasteiger partial charge in [-0.05, 0) is 112 Å². The van der Waals surface area contributed by atoms with E-state index in [1.165, 1.54) is 27.8 Å². The average molecular weight is 709 g/mol. The van der Waals surface area contributed by atoms with Gasteiger partial charge < -0.3 is 9.80 Å². The van der Waals surface area contributed by atoms with Gasteiger partial charge in [-0.1, -0.05) is 115 Å². The Kier molecular flexibility index (Phi) is 6.79. The number of nitrogens with zero attached hydrogens (tertiary/aromatic N) is 2. The molecule has 0 radical (unpaired) electrons. The summed E-state index contributed by atoms with van der Waals surface area (Å²) in [4.78, 5) is 19.4. The highest BCUT2D eigenvalue weighted by Gasteiger charge is 2.51. The Hall–Kier alpha value is -6.75. The first-order valence-electron chi connectivity index (χ1n) is 18.3. The molecular formula is C50H32N2OS. The minimum Gasteiger partial charge on any atom is -0.310 e. The average Bonchev–Trinajstić information content (AvgIpc) is 3.51. The molecule has 0 saturated carbocycles. The van der Waals surface area contributed by atoms with Crippen molar-refractivity contribution < 1.29 is 0 Å². The van der Waals surface area contributed by atoms with Crippen molar-refractivity contribution in [2.45, 2.75) is 5.41 Å². The first-order valence-corrected chi connectivity index (χ1v) is 19.1. The molecule has 54 heavy (non-hydrogen) atoms. The van der Waals surface area contributed by atoms with Crippen LogP contribution in [-0.4, -0.2) is 0 Å². The van der Waals surface area contributed by atoms with Crippen LogP contribution in [0.2, 0.25) is 0 Å². The van der Waals surface area contributed by atoms with Gasteiger partial charge in [-0.25, -0.2) is 0 Å². The number of hydrogen-bond acceptors (Lipinski definition) is 4. The topological polar surface area (TPSA) is 23.6 Å². The van der Waals surface area contributed by atoms with Gasteiger partial charge in [-0.15, -0.1) is 11.3 Å². The van der Waals surface area contributed by atoms with Crippen LogP contribution in [0.25, 0.3) is 31.3 Å². The summed E-state index contributed by atoms with van der Waals surface area (Å²) in [6, 6.07) is 68.7. The number of benzene rings is 8. The maximum atomic E-state index is 14.8. The standard InChI is InChI=1S/C50H32N2OS/c53-49-39-30-36(51(33-16-4-1-5-17-33)34-18-6-2-7-19-34)28-29-47(39)54-48-32-44-38(31-40(48)49)37-22-10-11-23-41(37)50(44)42-24-12-14-26-45(42)52(35-20-8-3-9-21-35)46-27-15-13-25-43(46)50/h1-32H. The van der Waals surface area contributed by atoms with E-state index in [0.717, 1.165) is 59.9 Å². The summed E-state index contributed by atoms with van der Waals surface area (Å²) in [5, 5.41) is 1.49. The summed E-state index contributed by atoms with van der Waals surface area (Å²) in [6.07, 6.45) is 0.